The summed E-state index contributed by atoms with van der Waals surface area (Å²) in [5, 5.41) is 3.40. The standard InChI is InChI=1S/C17H15ClN2O/c1-20(17(21)9-18)11-12-6-7-16-15(8-12)14-5-3-2-4-13(14)10-19-16/h2-8,10H,9,11H2,1H3. The van der Waals surface area contributed by atoms with E-state index in [4.69, 9.17) is 11.6 Å². The monoisotopic (exact) mass is 298 g/mol. The number of rotatable bonds is 3. The summed E-state index contributed by atoms with van der Waals surface area (Å²) in [5.41, 5.74) is 2.03. The van der Waals surface area contributed by atoms with Crippen molar-refractivity contribution in [3.63, 3.8) is 0 Å². The zero-order valence-electron chi connectivity index (χ0n) is 11.7. The molecule has 0 N–H and O–H groups in total. The average Bonchev–Trinajstić information content (AvgIpc) is 2.53. The summed E-state index contributed by atoms with van der Waals surface area (Å²) >= 11 is 5.59. The Balaban J connectivity index is 2.06. The van der Waals surface area contributed by atoms with Crippen LogP contribution < -0.4 is 0 Å². The summed E-state index contributed by atoms with van der Waals surface area (Å²) in [6, 6.07) is 14.3. The summed E-state index contributed by atoms with van der Waals surface area (Å²) < 4.78 is 0. The van der Waals surface area contributed by atoms with Crippen LogP contribution in [0.15, 0.2) is 48.7 Å². The fraction of sp³-hybridized carbons (Fsp3) is 0.176. The molecule has 0 fully saturated rings. The van der Waals surface area contributed by atoms with E-state index in [0.717, 1.165) is 21.9 Å². The highest BCUT2D eigenvalue weighted by Gasteiger charge is 2.09. The second-order valence-corrected chi connectivity index (χ2v) is 5.35. The maximum absolute atomic E-state index is 11.6. The number of hydrogen-bond donors (Lipinski definition) is 0. The molecule has 0 saturated carbocycles. The summed E-state index contributed by atoms with van der Waals surface area (Å²) in [4.78, 5) is 17.7. The molecule has 0 saturated heterocycles. The predicted molar refractivity (Wildman–Crippen MR) is 86.4 cm³/mol. The fourth-order valence-corrected chi connectivity index (χ4v) is 2.67. The molecule has 1 heterocycles. The van der Waals surface area contributed by atoms with Crippen LogP contribution in [0.2, 0.25) is 0 Å². The molecule has 0 unspecified atom stereocenters. The van der Waals surface area contributed by atoms with E-state index in [1.54, 1.807) is 11.9 Å². The molecule has 1 aromatic heterocycles. The lowest BCUT2D eigenvalue weighted by molar-refractivity contribution is -0.127. The molecular weight excluding hydrogens is 284 g/mol. The Hall–Kier alpha value is -2.13. The third-order valence-corrected chi connectivity index (χ3v) is 3.84. The largest absolute Gasteiger partial charge is 0.340 e. The van der Waals surface area contributed by atoms with E-state index in [1.165, 1.54) is 5.39 Å². The first kappa shape index (κ1) is 13.8. The quantitative estimate of drug-likeness (QED) is 0.547. The van der Waals surface area contributed by atoms with Crippen molar-refractivity contribution in [2.45, 2.75) is 6.54 Å². The van der Waals surface area contributed by atoms with Crippen molar-refractivity contribution in [3.8, 4) is 0 Å². The van der Waals surface area contributed by atoms with E-state index in [2.05, 4.69) is 23.2 Å². The molecule has 0 bridgehead atoms. The van der Waals surface area contributed by atoms with Gasteiger partial charge in [-0.2, -0.15) is 0 Å². The van der Waals surface area contributed by atoms with E-state index in [-0.39, 0.29) is 11.8 Å². The summed E-state index contributed by atoms with van der Waals surface area (Å²) in [6.07, 6.45) is 1.89. The number of aromatic nitrogens is 1. The molecule has 21 heavy (non-hydrogen) atoms. The van der Waals surface area contributed by atoms with Crippen molar-refractivity contribution in [1.29, 1.82) is 0 Å². The molecule has 2 aromatic carbocycles. The number of carbonyl (C=O) groups excluding carboxylic acids is 1. The maximum atomic E-state index is 11.6. The second-order valence-electron chi connectivity index (χ2n) is 5.08. The van der Waals surface area contributed by atoms with Crippen LogP contribution in [0.4, 0.5) is 0 Å². The van der Waals surface area contributed by atoms with Crippen LogP contribution in [0.3, 0.4) is 0 Å². The normalized spacial score (nSPS) is 11.0. The van der Waals surface area contributed by atoms with Crippen LogP contribution in [-0.2, 0) is 11.3 Å². The van der Waals surface area contributed by atoms with Crippen molar-refractivity contribution in [2.75, 3.05) is 12.9 Å². The molecule has 0 spiro atoms. The predicted octanol–water partition coefficient (Wildman–Crippen LogP) is 3.59. The SMILES string of the molecule is CN(Cc1ccc2ncc3ccccc3c2c1)C(=O)CCl. The first-order chi connectivity index (χ1) is 10.2. The molecule has 1 amide bonds. The lowest BCUT2D eigenvalue weighted by atomic mass is 10.0. The minimum atomic E-state index is -0.0761. The van der Waals surface area contributed by atoms with Crippen LogP contribution in [0.5, 0.6) is 0 Å². The van der Waals surface area contributed by atoms with Gasteiger partial charge in [0, 0.05) is 30.6 Å². The van der Waals surface area contributed by atoms with Gasteiger partial charge in [-0.25, -0.2) is 0 Å². The van der Waals surface area contributed by atoms with E-state index >= 15 is 0 Å². The minimum Gasteiger partial charge on any atom is -0.340 e. The first-order valence-corrected chi connectivity index (χ1v) is 7.29. The summed E-state index contributed by atoms with van der Waals surface area (Å²) in [6.45, 7) is 0.546. The molecule has 0 radical (unpaired) electrons. The maximum Gasteiger partial charge on any atom is 0.237 e. The minimum absolute atomic E-state index is 0.00850. The first-order valence-electron chi connectivity index (χ1n) is 6.75. The molecule has 106 valence electrons. The zero-order valence-corrected chi connectivity index (χ0v) is 12.5. The number of halogens is 1. The Labute approximate surface area is 128 Å². The third-order valence-electron chi connectivity index (χ3n) is 3.61. The molecule has 4 heteroatoms. The van der Waals surface area contributed by atoms with Gasteiger partial charge in [-0.05, 0) is 23.1 Å². The van der Waals surface area contributed by atoms with Crippen molar-refractivity contribution in [2.24, 2.45) is 0 Å². The van der Waals surface area contributed by atoms with Crippen LogP contribution in [0, 0.1) is 0 Å². The molecule has 0 atom stereocenters. The van der Waals surface area contributed by atoms with Crippen molar-refractivity contribution in [3.05, 3.63) is 54.2 Å². The molecule has 0 aliphatic rings. The van der Waals surface area contributed by atoms with Crippen molar-refractivity contribution in [1.82, 2.24) is 9.88 Å². The van der Waals surface area contributed by atoms with Gasteiger partial charge in [-0.3, -0.25) is 9.78 Å². The zero-order chi connectivity index (χ0) is 14.8. The Morgan fingerprint density at radius 2 is 2.00 bits per heavy atom. The number of amides is 1. The van der Waals surface area contributed by atoms with Crippen LogP contribution in [-0.4, -0.2) is 28.7 Å². The Morgan fingerprint density at radius 1 is 1.19 bits per heavy atom. The summed E-state index contributed by atoms with van der Waals surface area (Å²) in [5.74, 6) is -0.0676. The summed E-state index contributed by atoms with van der Waals surface area (Å²) in [7, 11) is 1.76. The highest BCUT2D eigenvalue weighted by atomic mass is 35.5. The Kier molecular flexibility index (Phi) is 3.76. The van der Waals surface area contributed by atoms with E-state index < -0.39 is 0 Å². The highest BCUT2D eigenvalue weighted by molar-refractivity contribution is 6.27. The van der Waals surface area contributed by atoms with Gasteiger partial charge in [0.15, 0.2) is 0 Å². The van der Waals surface area contributed by atoms with Crippen LogP contribution in [0.1, 0.15) is 5.56 Å². The van der Waals surface area contributed by atoms with E-state index in [1.807, 2.05) is 30.5 Å². The van der Waals surface area contributed by atoms with Gasteiger partial charge in [-0.15, -0.1) is 11.6 Å². The van der Waals surface area contributed by atoms with Gasteiger partial charge in [0.05, 0.1) is 5.52 Å². The lowest BCUT2D eigenvalue weighted by Gasteiger charge is -2.16. The molecule has 0 aliphatic heterocycles. The second kappa shape index (κ2) is 5.70. The molecule has 3 rings (SSSR count). The van der Waals surface area contributed by atoms with Gasteiger partial charge in [0.1, 0.15) is 5.88 Å². The van der Waals surface area contributed by atoms with E-state index in [9.17, 15) is 4.79 Å². The average molecular weight is 299 g/mol. The molecule has 3 nitrogen and oxygen atoms in total. The number of fused-ring (bicyclic) bond motifs is 3. The number of hydrogen-bond acceptors (Lipinski definition) is 2. The number of carbonyl (C=O) groups is 1. The Bertz CT molecular complexity index is 816. The lowest BCUT2D eigenvalue weighted by Crippen LogP contribution is -2.27. The van der Waals surface area contributed by atoms with Crippen LogP contribution in [0.25, 0.3) is 21.7 Å². The smallest absolute Gasteiger partial charge is 0.237 e. The topological polar surface area (TPSA) is 33.2 Å². The molecule has 0 aliphatic carbocycles. The molecular formula is C17H15ClN2O. The number of pyridine rings is 1. The van der Waals surface area contributed by atoms with Gasteiger partial charge in [0.25, 0.3) is 0 Å². The van der Waals surface area contributed by atoms with Gasteiger partial charge < -0.3 is 4.90 Å². The van der Waals surface area contributed by atoms with Crippen LogP contribution >= 0.6 is 11.6 Å². The Morgan fingerprint density at radius 3 is 2.81 bits per heavy atom. The van der Waals surface area contributed by atoms with E-state index in [0.29, 0.717) is 6.54 Å². The van der Waals surface area contributed by atoms with Gasteiger partial charge >= 0.3 is 0 Å². The number of alkyl halides is 1. The van der Waals surface area contributed by atoms with Crippen molar-refractivity contribution >= 4 is 39.2 Å². The number of benzene rings is 2. The van der Waals surface area contributed by atoms with Gasteiger partial charge in [-0.1, -0.05) is 30.3 Å². The van der Waals surface area contributed by atoms with Crippen molar-refractivity contribution < 1.29 is 4.79 Å². The number of nitrogens with zero attached hydrogens (tertiary/aromatic N) is 2. The highest BCUT2D eigenvalue weighted by Crippen LogP contribution is 2.24. The third kappa shape index (κ3) is 2.69. The van der Waals surface area contributed by atoms with Gasteiger partial charge in [0.2, 0.25) is 5.91 Å². The fourth-order valence-electron chi connectivity index (χ4n) is 2.47. The molecule has 3 aromatic rings.